The molecule has 0 heterocycles. The molecule has 0 saturated heterocycles. The van der Waals surface area contributed by atoms with Crippen LogP contribution < -0.4 is 15.4 Å². The maximum absolute atomic E-state index is 12.7. The first-order valence-corrected chi connectivity index (χ1v) is 13.6. The van der Waals surface area contributed by atoms with E-state index < -0.39 is 40.0 Å². The number of ether oxygens (including phenoxy) is 1. The number of hydrogen-bond acceptors (Lipinski definition) is 6. The lowest BCUT2D eigenvalue weighted by atomic mass is 9.98. The highest BCUT2D eigenvalue weighted by molar-refractivity contribution is 7.90. The van der Waals surface area contributed by atoms with E-state index in [0.717, 1.165) is 22.3 Å². The smallest absolute Gasteiger partial charge is 0.407 e. The van der Waals surface area contributed by atoms with E-state index in [1.54, 1.807) is 0 Å². The molecule has 0 aliphatic heterocycles. The van der Waals surface area contributed by atoms with Gasteiger partial charge in [0.2, 0.25) is 15.9 Å². The van der Waals surface area contributed by atoms with Gasteiger partial charge in [-0.3, -0.25) is 14.3 Å². The normalized spacial score (nSPS) is 14.4. The van der Waals surface area contributed by atoms with Gasteiger partial charge in [-0.05, 0) is 48.4 Å². The Hall–Kier alpha value is -3.40. The summed E-state index contributed by atoms with van der Waals surface area (Å²) in [6.45, 7) is 6.66. The van der Waals surface area contributed by atoms with Crippen molar-refractivity contribution >= 4 is 27.9 Å². The molecule has 3 N–H and O–H groups in total. The zero-order valence-electron chi connectivity index (χ0n) is 20.9. The summed E-state index contributed by atoms with van der Waals surface area (Å²) in [5.74, 6) is -1.81. The molecule has 2 atom stereocenters. The number of amides is 3. The van der Waals surface area contributed by atoms with Crippen LogP contribution >= 0.6 is 0 Å². The van der Waals surface area contributed by atoms with Crippen LogP contribution in [0.25, 0.3) is 11.1 Å². The molecule has 0 fully saturated rings. The van der Waals surface area contributed by atoms with Gasteiger partial charge in [0.15, 0.2) is 0 Å². The minimum absolute atomic E-state index is 0.00998. The number of hydrogen-bond donors (Lipinski definition) is 3. The molecule has 1 aliphatic rings. The van der Waals surface area contributed by atoms with E-state index in [0.29, 0.717) is 0 Å². The molecule has 1 aliphatic carbocycles. The van der Waals surface area contributed by atoms with Crippen LogP contribution in [0.5, 0.6) is 0 Å². The second-order valence-electron chi connectivity index (χ2n) is 9.25. The first-order chi connectivity index (χ1) is 17.0. The van der Waals surface area contributed by atoms with Gasteiger partial charge in [-0.2, -0.15) is 0 Å². The number of alkyl carbamates (subject to hydrolysis) is 1. The molecule has 2 aromatic rings. The van der Waals surface area contributed by atoms with E-state index in [4.69, 9.17) is 4.74 Å². The molecular formula is C26H33N3O6S. The monoisotopic (exact) mass is 515 g/mol. The second kappa shape index (κ2) is 11.6. The van der Waals surface area contributed by atoms with E-state index in [1.807, 2.05) is 67.1 Å². The molecule has 0 radical (unpaired) electrons. The van der Waals surface area contributed by atoms with Crippen molar-refractivity contribution in [1.82, 2.24) is 15.4 Å². The zero-order valence-corrected chi connectivity index (χ0v) is 21.7. The van der Waals surface area contributed by atoms with Crippen LogP contribution in [0.4, 0.5) is 4.79 Å². The van der Waals surface area contributed by atoms with Gasteiger partial charge < -0.3 is 15.4 Å². The van der Waals surface area contributed by atoms with Gasteiger partial charge in [-0.15, -0.1) is 0 Å². The Morgan fingerprint density at radius 3 is 1.97 bits per heavy atom. The van der Waals surface area contributed by atoms with Gasteiger partial charge in [-0.25, -0.2) is 13.2 Å². The van der Waals surface area contributed by atoms with Crippen molar-refractivity contribution in [2.45, 2.75) is 52.1 Å². The summed E-state index contributed by atoms with van der Waals surface area (Å²) in [4.78, 5) is 37.6. The Kier molecular flexibility index (Phi) is 8.73. The van der Waals surface area contributed by atoms with Crippen LogP contribution in [0.2, 0.25) is 0 Å². The van der Waals surface area contributed by atoms with Gasteiger partial charge in [-0.1, -0.05) is 62.4 Å². The van der Waals surface area contributed by atoms with Crippen molar-refractivity contribution in [3.8, 4) is 11.1 Å². The predicted molar refractivity (Wildman–Crippen MR) is 137 cm³/mol. The molecule has 0 bridgehead atoms. The average molecular weight is 516 g/mol. The van der Waals surface area contributed by atoms with Crippen LogP contribution in [0.1, 0.15) is 51.2 Å². The van der Waals surface area contributed by atoms with E-state index in [9.17, 15) is 22.8 Å². The molecule has 3 amide bonds. The maximum atomic E-state index is 12.7. The van der Waals surface area contributed by atoms with Crippen molar-refractivity contribution in [3.05, 3.63) is 59.7 Å². The summed E-state index contributed by atoms with van der Waals surface area (Å²) in [5.41, 5.74) is 4.35. The van der Waals surface area contributed by atoms with Crippen molar-refractivity contribution in [3.63, 3.8) is 0 Å². The molecule has 0 saturated carbocycles. The highest BCUT2D eigenvalue weighted by atomic mass is 32.2. The summed E-state index contributed by atoms with van der Waals surface area (Å²) in [7, 11) is -3.77. The molecule has 0 spiro atoms. The Bertz CT molecular complexity index is 1180. The fourth-order valence-corrected chi connectivity index (χ4v) is 4.77. The van der Waals surface area contributed by atoms with Crippen molar-refractivity contribution in [2.75, 3.05) is 12.4 Å². The minimum Gasteiger partial charge on any atom is -0.449 e. The van der Waals surface area contributed by atoms with Gasteiger partial charge in [0, 0.05) is 5.92 Å². The van der Waals surface area contributed by atoms with Crippen molar-refractivity contribution < 1.29 is 27.5 Å². The maximum Gasteiger partial charge on any atom is 0.407 e. The van der Waals surface area contributed by atoms with Crippen LogP contribution in [0.3, 0.4) is 0 Å². The fourth-order valence-electron chi connectivity index (χ4n) is 4.18. The highest BCUT2D eigenvalue weighted by Gasteiger charge is 2.30. The van der Waals surface area contributed by atoms with Gasteiger partial charge in [0.25, 0.3) is 5.91 Å². The number of sulfonamides is 1. The summed E-state index contributed by atoms with van der Waals surface area (Å²) in [5, 5.41) is 5.02. The Labute approximate surface area is 212 Å². The number of rotatable bonds is 10. The van der Waals surface area contributed by atoms with E-state index in [1.165, 1.54) is 13.8 Å². The molecule has 0 unspecified atom stereocenters. The third-order valence-electron chi connectivity index (χ3n) is 6.05. The number of benzene rings is 2. The number of nitrogens with one attached hydrogen (secondary N) is 3. The lowest BCUT2D eigenvalue weighted by molar-refractivity contribution is -0.129. The van der Waals surface area contributed by atoms with Crippen molar-refractivity contribution in [1.29, 1.82) is 0 Å². The van der Waals surface area contributed by atoms with E-state index in [-0.39, 0.29) is 30.6 Å². The number of carbonyl (C=O) groups excluding carboxylic acids is 3. The summed E-state index contributed by atoms with van der Waals surface area (Å²) in [6.07, 6.45) is -0.535. The topological polar surface area (TPSA) is 131 Å². The van der Waals surface area contributed by atoms with Crippen LogP contribution in [0.15, 0.2) is 48.5 Å². The third kappa shape index (κ3) is 6.63. The van der Waals surface area contributed by atoms with E-state index in [2.05, 4.69) is 10.6 Å². The highest BCUT2D eigenvalue weighted by Crippen LogP contribution is 2.44. The molecule has 9 nitrogen and oxygen atoms in total. The summed E-state index contributed by atoms with van der Waals surface area (Å²) >= 11 is 0. The lowest BCUT2D eigenvalue weighted by Gasteiger charge is -2.22. The van der Waals surface area contributed by atoms with Crippen LogP contribution in [0, 0.1) is 5.92 Å². The standard InChI is InChI=1S/C26H33N3O6S/c1-5-36(33,34)29-25(31)23(14-16(2)3)28-24(30)17(4)27-26(32)35-15-22-20-12-8-6-10-18(20)19-11-7-9-13-21(19)22/h6-13,16-17,22-23H,5,14-15H2,1-4H3,(H,27,32)(H,28,30)(H,29,31)/t17-,23-/m0/s1. The lowest BCUT2D eigenvalue weighted by Crippen LogP contribution is -2.54. The number of carbonyl (C=O) groups is 3. The van der Waals surface area contributed by atoms with Gasteiger partial charge in [0.05, 0.1) is 5.75 Å². The Morgan fingerprint density at radius 1 is 0.889 bits per heavy atom. The summed E-state index contributed by atoms with van der Waals surface area (Å²) < 4.78 is 31.0. The first kappa shape index (κ1) is 27.2. The molecule has 10 heteroatoms. The Morgan fingerprint density at radius 2 is 1.44 bits per heavy atom. The molecule has 36 heavy (non-hydrogen) atoms. The quantitative estimate of drug-likeness (QED) is 0.446. The van der Waals surface area contributed by atoms with Crippen LogP contribution in [-0.2, 0) is 24.3 Å². The number of fused-ring (bicyclic) bond motifs is 3. The largest absolute Gasteiger partial charge is 0.449 e. The summed E-state index contributed by atoms with van der Waals surface area (Å²) in [6, 6.07) is 13.8. The zero-order chi connectivity index (χ0) is 26.5. The van der Waals surface area contributed by atoms with Gasteiger partial charge >= 0.3 is 6.09 Å². The Balaban J connectivity index is 1.59. The average Bonchev–Trinajstić information content (AvgIpc) is 3.15. The van der Waals surface area contributed by atoms with E-state index >= 15 is 0 Å². The predicted octanol–water partition coefficient (Wildman–Crippen LogP) is 2.91. The molecular weight excluding hydrogens is 482 g/mol. The van der Waals surface area contributed by atoms with Crippen molar-refractivity contribution in [2.24, 2.45) is 5.92 Å². The van der Waals surface area contributed by atoms with Crippen LogP contribution in [-0.4, -0.2) is 50.8 Å². The molecule has 194 valence electrons. The molecule has 0 aromatic heterocycles. The minimum atomic E-state index is -3.77. The first-order valence-electron chi connectivity index (χ1n) is 12.0. The molecule has 2 aromatic carbocycles. The third-order valence-corrected chi connectivity index (χ3v) is 7.32. The second-order valence-corrected chi connectivity index (χ2v) is 11.3. The SMILES string of the molecule is CCS(=O)(=O)NC(=O)[C@H](CC(C)C)NC(=O)[C@H](C)NC(=O)OCC1c2ccccc2-c2ccccc21. The fraction of sp³-hybridized carbons (Fsp3) is 0.423. The molecule has 3 rings (SSSR count). The van der Waals surface area contributed by atoms with Gasteiger partial charge in [0.1, 0.15) is 18.7 Å².